The lowest BCUT2D eigenvalue weighted by Gasteiger charge is -2.36. The van der Waals surface area contributed by atoms with E-state index >= 15 is 0 Å². The molecular weight excluding hydrogens is 304 g/mol. The third kappa shape index (κ3) is 2.92. The summed E-state index contributed by atoms with van der Waals surface area (Å²) in [4.78, 5) is 6.32. The molecule has 1 N–H and O–H groups in total. The molecule has 1 heterocycles. The highest BCUT2D eigenvalue weighted by molar-refractivity contribution is 9.10. The van der Waals surface area contributed by atoms with Crippen LogP contribution in [0.25, 0.3) is 0 Å². The molecule has 0 bridgehead atoms. The average molecular weight is 320 g/mol. The maximum absolute atomic E-state index is 10.0. The molecule has 0 spiro atoms. The summed E-state index contributed by atoms with van der Waals surface area (Å²) in [5, 5.41) is 10.6. The van der Waals surface area contributed by atoms with Gasteiger partial charge in [0.1, 0.15) is 5.82 Å². The number of aliphatic hydroxyl groups is 1. The number of pyridine rings is 1. The molecule has 17 heavy (non-hydrogen) atoms. The molecule has 1 aliphatic carbocycles. The van der Waals surface area contributed by atoms with Gasteiger partial charge in [-0.15, -0.1) is 0 Å². The molecule has 0 aromatic carbocycles. The molecule has 0 saturated heterocycles. The van der Waals surface area contributed by atoms with Crippen LogP contribution < -0.4 is 4.90 Å². The predicted molar refractivity (Wildman–Crippen MR) is 73.6 cm³/mol. The van der Waals surface area contributed by atoms with Crippen LogP contribution in [0.2, 0.25) is 5.02 Å². The van der Waals surface area contributed by atoms with Gasteiger partial charge in [-0.2, -0.15) is 0 Å². The first-order valence-electron chi connectivity index (χ1n) is 5.81. The van der Waals surface area contributed by atoms with Crippen molar-refractivity contribution in [2.45, 2.75) is 37.8 Å². The van der Waals surface area contributed by atoms with Gasteiger partial charge < -0.3 is 10.0 Å². The molecule has 2 rings (SSSR count). The van der Waals surface area contributed by atoms with Gasteiger partial charge in [-0.25, -0.2) is 4.98 Å². The Morgan fingerprint density at radius 2 is 2.18 bits per heavy atom. The maximum atomic E-state index is 10.0. The number of halogens is 2. The largest absolute Gasteiger partial charge is 0.391 e. The minimum absolute atomic E-state index is 0.120. The summed E-state index contributed by atoms with van der Waals surface area (Å²) < 4.78 is 0.865. The van der Waals surface area contributed by atoms with Crippen LogP contribution >= 0.6 is 27.5 Å². The Morgan fingerprint density at radius 1 is 1.47 bits per heavy atom. The lowest BCUT2D eigenvalue weighted by Crippen LogP contribution is -2.43. The van der Waals surface area contributed by atoms with Crippen LogP contribution in [0.1, 0.15) is 25.7 Å². The average Bonchev–Trinajstić information content (AvgIpc) is 2.29. The van der Waals surface area contributed by atoms with Crippen LogP contribution in [0.15, 0.2) is 16.7 Å². The second-order valence-corrected chi connectivity index (χ2v) is 5.81. The quantitative estimate of drug-likeness (QED) is 0.909. The maximum Gasteiger partial charge on any atom is 0.147 e. The zero-order valence-corrected chi connectivity index (χ0v) is 12.1. The normalized spacial score (nSPS) is 24.7. The number of likely N-dealkylation sites (N-methyl/N-ethyl adjacent to an activating group) is 1. The summed E-state index contributed by atoms with van der Waals surface area (Å²) >= 11 is 9.51. The number of aromatic nitrogens is 1. The Kier molecular flexibility index (Phi) is 4.28. The highest BCUT2D eigenvalue weighted by atomic mass is 79.9. The lowest BCUT2D eigenvalue weighted by molar-refractivity contribution is 0.106. The summed E-state index contributed by atoms with van der Waals surface area (Å²) in [6.45, 7) is 0. The van der Waals surface area contributed by atoms with Crippen LogP contribution in [-0.4, -0.2) is 29.3 Å². The second kappa shape index (κ2) is 5.55. The zero-order valence-electron chi connectivity index (χ0n) is 9.74. The first kappa shape index (κ1) is 13.1. The molecule has 0 amide bonds. The van der Waals surface area contributed by atoms with Gasteiger partial charge in [0.05, 0.1) is 17.2 Å². The Morgan fingerprint density at radius 3 is 2.82 bits per heavy atom. The molecule has 94 valence electrons. The van der Waals surface area contributed by atoms with Gasteiger partial charge in [-0.1, -0.05) is 24.4 Å². The van der Waals surface area contributed by atoms with Gasteiger partial charge in [-0.05, 0) is 34.8 Å². The van der Waals surface area contributed by atoms with E-state index in [1.807, 2.05) is 18.0 Å². The van der Waals surface area contributed by atoms with Gasteiger partial charge >= 0.3 is 0 Å². The number of hydrogen-bond acceptors (Lipinski definition) is 3. The SMILES string of the molecule is CN(c1ncc(Br)cc1Cl)C1CCCCC1O. The van der Waals surface area contributed by atoms with Crippen molar-refractivity contribution in [1.29, 1.82) is 0 Å². The van der Waals surface area contributed by atoms with Gasteiger partial charge in [0.25, 0.3) is 0 Å². The Hall–Kier alpha value is -0.320. The van der Waals surface area contributed by atoms with Crippen molar-refractivity contribution in [3.8, 4) is 0 Å². The molecule has 1 aromatic rings. The van der Waals surface area contributed by atoms with Crippen LogP contribution in [-0.2, 0) is 0 Å². The fourth-order valence-electron chi connectivity index (χ4n) is 2.37. The topological polar surface area (TPSA) is 36.4 Å². The number of aliphatic hydroxyl groups excluding tert-OH is 1. The van der Waals surface area contributed by atoms with Crippen LogP contribution in [0.5, 0.6) is 0 Å². The Bertz CT molecular complexity index is 402. The number of anilines is 1. The molecule has 0 aliphatic heterocycles. The summed E-state index contributed by atoms with van der Waals surface area (Å²) in [6, 6.07) is 1.95. The second-order valence-electron chi connectivity index (χ2n) is 4.49. The molecule has 5 heteroatoms. The highest BCUT2D eigenvalue weighted by Gasteiger charge is 2.28. The van der Waals surface area contributed by atoms with Crippen molar-refractivity contribution in [3.05, 3.63) is 21.8 Å². The minimum Gasteiger partial charge on any atom is -0.391 e. The highest BCUT2D eigenvalue weighted by Crippen LogP contribution is 2.30. The molecule has 2 unspecified atom stereocenters. The van der Waals surface area contributed by atoms with Crippen LogP contribution in [0.4, 0.5) is 5.82 Å². The van der Waals surface area contributed by atoms with E-state index in [4.69, 9.17) is 11.6 Å². The summed E-state index contributed by atoms with van der Waals surface area (Å²) in [6.07, 6.45) is 5.56. The third-order valence-electron chi connectivity index (χ3n) is 3.31. The van der Waals surface area contributed by atoms with Gasteiger partial charge in [-0.3, -0.25) is 0 Å². The van der Waals surface area contributed by atoms with Gasteiger partial charge in [0, 0.05) is 17.7 Å². The van der Waals surface area contributed by atoms with E-state index in [0.717, 1.165) is 36.0 Å². The fraction of sp³-hybridized carbons (Fsp3) is 0.583. The smallest absolute Gasteiger partial charge is 0.147 e. The summed E-state index contributed by atoms with van der Waals surface area (Å²) in [5.74, 6) is 0.737. The predicted octanol–water partition coefficient (Wildman–Crippen LogP) is 3.24. The zero-order chi connectivity index (χ0) is 12.4. The van der Waals surface area contributed by atoms with E-state index in [0.29, 0.717) is 5.02 Å². The van der Waals surface area contributed by atoms with Crippen molar-refractivity contribution < 1.29 is 5.11 Å². The fourth-order valence-corrected chi connectivity index (χ4v) is 3.13. The van der Waals surface area contributed by atoms with E-state index in [2.05, 4.69) is 20.9 Å². The molecule has 3 nitrogen and oxygen atoms in total. The summed E-state index contributed by atoms with van der Waals surface area (Å²) in [5.41, 5.74) is 0. The van der Waals surface area contributed by atoms with Crippen molar-refractivity contribution in [1.82, 2.24) is 4.98 Å². The Balaban J connectivity index is 2.20. The lowest BCUT2D eigenvalue weighted by atomic mass is 9.91. The first-order chi connectivity index (χ1) is 8.09. The van der Waals surface area contributed by atoms with Gasteiger partial charge in [0.2, 0.25) is 0 Å². The van der Waals surface area contributed by atoms with E-state index in [1.165, 1.54) is 0 Å². The van der Waals surface area contributed by atoms with E-state index in [1.54, 1.807) is 6.20 Å². The monoisotopic (exact) mass is 318 g/mol. The van der Waals surface area contributed by atoms with Crippen molar-refractivity contribution in [2.24, 2.45) is 0 Å². The van der Waals surface area contributed by atoms with Crippen molar-refractivity contribution >= 4 is 33.3 Å². The molecule has 1 fully saturated rings. The minimum atomic E-state index is -0.282. The number of rotatable bonds is 2. The van der Waals surface area contributed by atoms with Crippen molar-refractivity contribution in [3.63, 3.8) is 0 Å². The van der Waals surface area contributed by atoms with Crippen LogP contribution in [0.3, 0.4) is 0 Å². The molecule has 1 aliphatic rings. The molecule has 1 saturated carbocycles. The molecule has 2 atom stereocenters. The van der Waals surface area contributed by atoms with E-state index in [-0.39, 0.29) is 12.1 Å². The standard InChI is InChI=1S/C12H16BrClN2O/c1-16(10-4-2-3-5-11(10)17)12-9(14)6-8(13)7-15-12/h6-7,10-11,17H,2-5H2,1H3. The molecule has 0 radical (unpaired) electrons. The number of nitrogens with zero attached hydrogens (tertiary/aromatic N) is 2. The van der Waals surface area contributed by atoms with E-state index in [9.17, 15) is 5.11 Å². The summed E-state index contributed by atoms with van der Waals surface area (Å²) in [7, 11) is 1.95. The first-order valence-corrected chi connectivity index (χ1v) is 6.98. The third-order valence-corrected chi connectivity index (χ3v) is 4.03. The molecular formula is C12H16BrClN2O. The van der Waals surface area contributed by atoms with Gasteiger partial charge in [0.15, 0.2) is 0 Å². The molecule has 1 aromatic heterocycles. The van der Waals surface area contributed by atoms with Crippen LogP contribution in [0, 0.1) is 0 Å². The Labute approximate surface area is 115 Å². The van der Waals surface area contributed by atoms with Crippen molar-refractivity contribution in [2.75, 3.05) is 11.9 Å². The number of hydrogen-bond donors (Lipinski definition) is 1. The van der Waals surface area contributed by atoms with E-state index < -0.39 is 0 Å².